The molecule has 0 atom stereocenters. The summed E-state index contributed by atoms with van der Waals surface area (Å²) < 4.78 is 55.8. The lowest BCUT2D eigenvalue weighted by atomic mass is 10.2. The summed E-state index contributed by atoms with van der Waals surface area (Å²) in [7, 11) is 0. The van der Waals surface area contributed by atoms with Gasteiger partial charge in [0.15, 0.2) is 0 Å². The van der Waals surface area contributed by atoms with Gasteiger partial charge in [-0.15, -0.1) is 0 Å². The molecular formula is C15H13F4N5O6. The van der Waals surface area contributed by atoms with E-state index in [-0.39, 0.29) is 17.1 Å². The van der Waals surface area contributed by atoms with Gasteiger partial charge in [0.25, 0.3) is 18.5 Å². The van der Waals surface area contributed by atoms with E-state index in [1.165, 1.54) is 0 Å². The van der Waals surface area contributed by atoms with E-state index in [1.807, 2.05) is 0 Å². The number of aromatic nitrogens is 2. The van der Waals surface area contributed by atoms with E-state index >= 15 is 0 Å². The largest absolute Gasteiger partial charge is 0.487 e. The van der Waals surface area contributed by atoms with Gasteiger partial charge in [0.1, 0.15) is 24.6 Å². The van der Waals surface area contributed by atoms with Crippen LogP contribution in [0.3, 0.4) is 0 Å². The number of rotatable bonds is 9. The molecule has 0 radical (unpaired) electrons. The maximum Gasteiger partial charge on any atom is 0.319 e. The average Bonchev–Trinajstić information content (AvgIpc) is 2.96. The summed E-state index contributed by atoms with van der Waals surface area (Å²) in [4.78, 5) is 32.2. The Morgan fingerprint density at radius 2 is 1.87 bits per heavy atom. The molecule has 2 rings (SSSR count). The number of benzene rings is 1. The van der Waals surface area contributed by atoms with Crippen molar-refractivity contribution in [2.24, 2.45) is 0 Å². The zero-order valence-corrected chi connectivity index (χ0v) is 15.1. The molecule has 0 unspecified atom stereocenters. The van der Waals surface area contributed by atoms with Crippen molar-refractivity contribution in [2.75, 3.05) is 11.9 Å². The predicted molar refractivity (Wildman–Crippen MR) is 91.8 cm³/mol. The van der Waals surface area contributed by atoms with Crippen molar-refractivity contribution in [3.05, 3.63) is 49.8 Å². The van der Waals surface area contributed by atoms with Crippen molar-refractivity contribution in [1.82, 2.24) is 9.78 Å². The van der Waals surface area contributed by atoms with E-state index in [0.717, 1.165) is 25.1 Å². The Morgan fingerprint density at radius 1 is 1.20 bits per heavy atom. The minimum atomic E-state index is -3.25. The maximum atomic E-state index is 12.9. The van der Waals surface area contributed by atoms with Crippen LogP contribution >= 0.6 is 0 Å². The summed E-state index contributed by atoms with van der Waals surface area (Å²) in [5.41, 5.74) is -3.11. The van der Waals surface area contributed by atoms with Gasteiger partial charge in [-0.25, -0.2) is 17.6 Å². The van der Waals surface area contributed by atoms with Gasteiger partial charge < -0.3 is 10.1 Å². The molecule has 15 heteroatoms. The number of ether oxygens (including phenoxy) is 1. The van der Waals surface area contributed by atoms with Crippen LogP contribution in [0.15, 0.2) is 18.2 Å². The summed E-state index contributed by atoms with van der Waals surface area (Å²) in [6.07, 6.45) is -6.09. The lowest BCUT2D eigenvalue weighted by Crippen LogP contribution is -2.20. The Kier molecular flexibility index (Phi) is 6.86. The van der Waals surface area contributed by atoms with Gasteiger partial charge >= 0.3 is 5.69 Å². The Hall–Kier alpha value is -3.78. The molecule has 2 aromatic rings. The number of non-ortho nitro benzene ring substituents is 1. The predicted octanol–water partition coefficient (Wildman–Crippen LogP) is 3.23. The van der Waals surface area contributed by atoms with Crippen LogP contribution in [0.25, 0.3) is 0 Å². The number of nitro groups is 2. The molecule has 0 saturated heterocycles. The number of amides is 1. The second-order valence-corrected chi connectivity index (χ2v) is 5.76. The molecule has 0 saturated carbocycles. The van der Waals surface area contributed by atoms with E-state index in [4.69, 9.17) is 4.74 Å². The fourth-order valence-electron chi connectivity index (χ4n) is 2.43. The van der Waals surface area contributed by atoms with Crippen molar-refractivity contribution < 1.29 is 36.9 Å². The van der Waals surface area contributed by atoms with Crippen LogP contribution in [-0.4, -0.2) is 38.6 Å². The molecule has 0 aliphatic heterocycles. The van der Waals surface area contributed by atoms with Crippen molar-refractivity contribution in [3.63, 3.8) is 0 Å². The fraction of sp³-hybridized carbons (Fsp3) is 0.333. The number of nitrogens with one attached hydrogen (secondary N) is 1. The maximum absolute atomic E-state index is 12.9. The second kappa shape index (κ2) is 9.15. The van der Waals surface area contributed by atoms with E-state index in [2.05, 4.69) is 10.4 Å². The van der Waals surface area contributed by atoms with E-state index in [0.29, 0.717) is 4.68 Å². The molecule has 1 aromatic heterocycles. The zero-order chi connectivity index (χ0) is 22.6. The summed E-state index contributed by atoms with van der Waals surface area (Å²) in [5, 5.41) is 27.5. The van der Waals surface area contributed by atoms with Crippen LogP contribution in [0.4, 0.5) is 34.6 Å². The molecule has 0 aliphatic carbocycles. The number of nitrogens with zero attached hydrogens (tertiary/aromatic N) is 4. The third-order valence-electron chi connectivity index (χ3n) is 3.65. The number of halogens is 4. The highest BCUT2D eigenvalue weighted by Crippen LogP contribution is 2.31. The highest BCUT2D eigenvalue weighted by molar-refractivity contribution is 5.91. The van der Waals surface area contributed by atoms with E-state index in [1.54, 1.807) is 0 Å². The van der Waals surface area contributed by atoms with Gasteiger partial charge in [-0.1, -0.05) is 0 Å². The number of alkyl halides is 4. The molecule has 1 N–H and O–H groups in total. The van der Waals surface area contributed by atoms with Gasteiger partial charge in [-0.3, -0.25) is 29.7 Å². The lowest BCUT2D eigenvalue weighted by molar-refractivity contribution is -0.386. The Labute approximate surface area is 164 Å². The third kappa shape index (κ3) is 5.39. The molecule has 1 heterocycles. The fourth-order valence-corrected chi connectivity index (χ4v) is 2.43. The number of carbonyl (C=O) groups is 1. The van der Waals surface area contributed by atoms with Crippen LogP contribution in [0.5, 0.6) is 5.75 Å². The Balaban J connectivity index is 2.25. The first-order valence-electron chi connectivity index (χ1n) is 7.99. The lowest BCUT2D eigenvalue weighted by Gasteiger charge is -2.10. The topological polar surface area (TPSA) is 142 Å². The number of anilines is 1. The molecule has 30 heavy (non-hydrogen) atoms. The normalized spacial score (nSPS) is 11.0. The number of carbonyl (C=O) groups excluding carboxylic acids is 1. The zero-order valence-electron chi connectivity index (χ0n) is 15.1. The SMILES string of the molecule is Cc1c([N+](=O)[O-])c(C(F)F)nn1CC(=O)Nc1cc(OCC(F)F)cc([N+](=O)[O-])c1. The first kappa shape index (κ1) is 22.5. The van der Waals surface area contributed by atoms with Crippen LogP contribution in [0, 0.1) is 27.2 Å². The number of nitro benzene ring substituents is 1. The summed E-state index contributed by atoms with van der Waals surface area (Å²) >= 11 is 0. The van der Waals surface area contributed by atoms with Crippen LogP contribution < -0.4 is 10.1 Å². The van der Waals surface area contributed by atoms with Gasteiger partial charge in [0.2, 0.25) is 11.6 Å². The third-order valence-corrected chi connectivity index (χ3v) is 3.65. The molecule has 0 fully saturated rings. The van der Waals surface area contributed by atoms with Crippen molar-refractivity contribution in [3.8, 4) is 5.75 Å². The molecule has 1 aromatic carbocycles. The minimum absolute atomic E-state index is 0.202. The molecule has 0 bridgehead atoms. The quantitative estimate of drug-likeness (QED) is 0.362. The van der Waals surface area contributed by atoms with Crippen LogP contribution in [0.2, 0.25) is 0 Å². The average molecular weight is 435 g/mol. The molecule has 1 amide bonds. The molecule has 162 valence electrons. The summed E-state index contributed by atoms with van der Waals surface area (Å²) in [6, 6.07) is 2.82. The van der Waals surface area contributed by atoms with Crippen LogP contribution in [-0.2, 0) is 11.3 Å². The minimum Gasteiger partial charge on any atom is -0.487 e. The van der Waals surface area contributed by atoms with Gasteiger partial charge in [0, 0.05) is 12.1 Å². The van der Waals surface area contributed by atoms with E-state index < -0.39 is 58.8 Å². The van der Waals surface area contributed by atoms with E-state index in [9.17, 15) is 42.6 Å². The van der Waals surface area contributed by atoms with Crippen molar-refractivity contribution >= 4 is 23.0 Å². The smallest absolute Gasteiger partial charge is 0.319 e. The number of hydrogen-bond acceptors (Lipinski definition) is 7. The first-order chi connectivity index (χ1) is 14.0. The van der Waals surface area contributed by atoms with Crippen molar-refractivity contribution in [2.45, 2.75) is 26.3 Å². The Morgan fingerprint density at radius 3 is 2.37 bits per heavy atom. The molecule has 11 nitrogen and oxygen atoms in total. The van der Waals surface area contributed by atoms with Gasteiger partial charge in [0.05, 0.1) is 21.6 Å². The monoisotopic (exact) mass is 435 g/mol. The Bertz CT molecular complexity index is 981. The van der Waals surface area contributed by atoms with Gasteiger partial charge in [-0.05, 0) is 6.92 Å². The standard InChI is InChI=1S/C15H13F4N5O6/c1-7-14(24(28)29)13(15(18)19)21-22(7)5-12(25)20-8-2-9(23(26)27)4-10(3-8)30-6-11(16)17/h2-4,11,15H,5-6H2,1H3,(H,20,25). The highest BCUT2D eigenvalue weighted by atomic mass is 19.3. The first-order valence-corrected chi connectivity index (χ1v) is 7.99. The van der Waals surface area contributed by atoms with Gasteiger partial charge in [-0.2, -0.15) is 5.10 Å². The van der Waals surface area contributed by atoms with Crippen molar-refractivity contribution in [1.29, 1.82) is 0 Å². The second-order valence-electron chi connectivity index (χ2n) is 5.76. The number of hydrogen-bond donors (Lipinski definition) is 1. The molecule has 0 spiro atoms. The molecule has 0 aliphatic rings. The molecular weight excluding hydrogens is 422 g/mol. The van der Waals surface area contributed by atoms with Crippen LogP contribution in [0.1, 0.15) is 17.8 Å². The highest BCUT2D eigenvalue weighted by Gasteiger charge is 2.31. The summed E-state index contributed by atoms with van der Waals surface area (Å²) in [5.74, 6) is -1.23. The summed E-state index contributed by atoms with van der Waals surface area (Å²) in [6.45, 7) is -0.648.